The highest BCUT2D eigenvalue weighted by atomic mass is 15.0. The van der Waals surface area contributed by atoms with Crippen molar-refractivity contribution in [1.29, 1.82) is 0 Å². The Kier molecular flexibility index (Phi) is 2.57. The molecule has 0 N–H and O–H groups in total. The molecule has 0 aliphatic heterocycles. The van der Waals surface area contributed by atoms with Crippen molar-refractivity contribution < 1.29 is 0 Å². The largest absolute Gasteiger partial charge is 0.338 e. The van der Waals surface area contributed by atoms with Gasteiger partial charge in [-0.2, -0.15) is 0 Å². The Bertz CT molecular complexity index is 1150. The molecule has 118 valence electrons. The topological polar surface area (TPSA) is 17.8 Å². The molecule has 0 unspecified atom stereocenters. The molecule has 0 spiro atoms. The highest BCUT2D eigenvalue weighted by Crippen LogP contribution is 2.43. The van der Waals surface area contributed by atoms with Gasteiger partial charge >= 0.3 is 0 Å². The average Bonchev–Trinajstić information content (AvgIpc) is 2.86. The number of rotatable bonds is 1. The molecule has 0 saturated heterocycles. The van der Waals surface area contributed by atoms with Gasteiger partial charge in [0.1, 0.15) is 0 Å². The minimum absolute atomic E-state index is 0.420. The molecular weight excluding hydrogens is 292 g/mol. The molecule has 2 heteroatoms. The number of aryl methyl sites for hydroxylation is 2. The van der Waals surface area contributed by atoms with Crippen LogP contribution in [0.25, 0.3) is 43.5 Å². The van der Waals surface area contributed by atoms with Gasteiger partial charge in [-0.05, 0) is 68.5 Å². The van der Waals surface area contributed by atoms with Gasteiger partial charge in [-0.3, -0.25) is 4.98 Å². The molecule has 24 heavy (non-hydrogen) atoms. The Morgan fingerprint density at radius 1 is 0.833 bits per heavy atom. The maximum atomic E-state index is 4.75. The van der Waals surface area contributed by atoms with E-state index in [1.807, 2.05) is 12.3 Å². The Morgan fingerprint density at radius 3 is 2.12 bits per heavy atom. The molecular formula is C22H20N2. The van der Waals surface area contributed by atoms with Gasteiger partial charge in [-0.15, -0.1) is 0 Å². The van der Waals surface area contributed by atoms with Gasteiger partial charge in [0.15, 0.2) is 0 Å². The van der Waals surface area contributed by atoms with Gasteiger partial charge in [0.2, 0.25) is 0 Å². The van der Waals surface area contributed by atoms with Crippen LogP contribution in [0.15, 0.2) is 42.6 Å². The first-order chi connectivity index (χ1) is 11.6. The lowest BCUT2D eigenvalue weighted by Crippen LogP contribution is -2.00. The summed E-state index contributed by atoms with van der Waals surface area (Å²) in [4.78, 5) is 4.75. The van der Waals surface area contributed by atoms with Gasteiger partial charge < -0.3 is 4.57 Å². The Balaban J connectivity index is 2.27. The van der Waals surface area contributed by atoms with Crippen LogP contribution in [0, 0.1) is 13.8 Å². The second-order valence-electron chi connectivity index (χ2n) is 7.28. The SMILES string of the molecule is Cc1cc2c3cccnc3c3cc(C)cc4c3c2c(c1)n4C(C)C. The summed E-state index contributed by atoms with van der Waals surface area (Å²) >= 11 is 0. The molecule has 2 heterocycles. The van der Waals surface area contributed by atoms with Crippen molar-refractivity contribution in [1.82, 2.24) is 9.55 Å². The van der Waals surface area contributed by atoms with Gasteiger partial charge in [0.25, 0.3) is 0 Å². The Labute approximate surface area is 141 Å². The van der Waals surface area contributed by atoms with Crippen molar-refractivity contribution in [3.8, 4) is 0 Å². The first-order valence-electron chi connectivity index (χ1n) is 8.61. The van der Waals surface area contributed by atoms with E-state index in [9.17, 15) is 0 Å². The molecule has 0 aliphatic carbocycles. The number of fused-ring (bicyclic) bond motifs is 3. The fraction of sp³-hybridized carbons (Fsp3) is 0.227. The average molecular weight is 312 g/mol. The lowest BCUT2D eigenvalue weighted by molar-refractivity contribution is 0.642. The van der Waals surface area contributed by atoms with Gasteiger partial charge in [0.05, 0.1) is 16.6 Å². The van der Waals surface area contributed by atoms with Gasteiger partial charge in [0, 0.05) is 33.8 Å². The summed E-state index contributed by atoms with van der Waals surface area (Å²) in [5, 5.41) is 6.62. The normalized spacial score (nSPS) is 12.5. The Hall–Kier alpha value is -2.61. The number of nitrogens with zero attached hydrogens (tertiary/aromatic N) is 2. The van der Waals surface area contributed by atoms with Crippen LogP contribution in [0.1, 0.15) is 31.0 Å². The monoisotopic (exact) mass is 312 g/mol. The predicted octanol–water partition coefficient (Wildman–Crippen LogP) is 6.13. The van der Waals surface area contributed by atoms with E-state index in [-0.39, 0.29) is 0 Å². The van der Waals surface area contributed by atoms with E-state index in [0.717, 1.165) is 5.52 Å². The zero-order valence-corrected chi connectivity index (χ0v) is 14.5. The molecule has 0 saturated carbocycles. The van der Waals surface area contributed by atoms with Crippen LogP contribution < -0.4 is 0 Å². The van der Waals surface area contributed by atoms with Crippen LogP contribution in [0.5, 0.6) is 0 Å². The number of pyridine rings is 1. The van der Waals surface area contributed by atoms with E-state index in [1.165, 1.54) is 49.1 Å². The molecule has 2 aromatic heterocycles. The van der Waals surface area contributed by atoms with E-state index < -0.39 is 0 Å². The fourth-order valence-electron chi connectivity index (χ4n) is 4.36. The summed E-state index contributed by atoms with van der Waals surface area (Å²) in [5.41, 5.74) is 6.39. The van der Waals surface area contributed by atoms with Crippen molar-refractivity contribution in [2.45, 2.75) is 33.7 Å². The zero-order chi connectivity index (χ0) is 16.6. The molecule has 5 rings (SSSR count). The standard InChI is InChI=1S/C22H20N2/c1-12(2)24-18-10-13(3)8-16-15-6-5-7-23-22(15)17-9-14(4)11-19(24)21(17)20(16)18/h5-12H,1-4H3. The summed E-state index contributed by atoms with van der Waals surface area (Å²) in [6.07, 6.45) is 1.91. The smallest absolute Gasteiger partial charge is 0.0787 e. The van der Waals surface area contributed by atoms with Gasteiger partial charge in [-0.1, -0.05) is 12.1 Å². The molecule has 3 aromatic carbocycles. The number of hydrogen-bond acceptors (Lipinski definition) is 1. The molecule has 0 bridgehead atoms. The van der Waals surface area contributed by atoms with Crippen molar-refractivity contribution in [3.63, 3.8) is 0 Å². The van der Waals surface area contributed by atoms with Crippen LogP contribution in [-0.4, -0.2) is 9.55 Å². The van der Waals surface area contributed by atoms with Crippen LogP contribution in [0.2, 0.25) is 0 Å². The molecule has 0 atom stereocenters. The molecule has 2 nitrogen and oxygen atoms in total. The molecule has 0 aliphatic rings. The highest BCUT2D eigenvalue weighted by molar-refractivity contribution is 6.33. The third-order valence-electron chi connectivity index (χ3n) is 5.16. The van der Waals surface area contributed by atoms with Crippen molar-refractivity contribution in [2.75, 3.05) is 0 Å². The molecule has 0 amide bonds. The van der Waals surface area contributed by atoms with Crippen molar-refractivity contribution in [2.24, 2.45) is 0 Å². The number of benzene rings is 3. The van der Waals surface area contributed by atoms with E-state index in [2.05, 4.69) is 62.6 Å². The van der Waals surface area contributed by atoms with Gasteiger partial charge in [-0.25, -0.2) is 0 Å². The summed E-state index contributed by atoms with van der Waals surface area (Å²) < 4.78 is 2.49. The second kappa shape index (κ2) is 4.47. The van der Waals surface area contributed by atoms with E-state index in [4.69, 9.17) is 4.98 Å². The third kappa shape index (κ3) is 1.58. The first kappa shape index (κ1) is 13.8. The van der Waals surface area contributed by atoms with E-state index in [1.54, 1.807) is 0 Å². The summed E-state index contributed by atoms with van der Waals surface area (Å²) in [7, 11) is 0. The van der Waals surface area contributed by atoms with E-state index in [0.29, 0.717) is 6.04 Å². The maximum Gasteiger partial charge on any atom is 0.0787 e. The van der Waals surface area contributed by atoms with Crippen LogP contribution >= 0.6 is 0 Å². The van der Waals surface area contributed by atoms with Crippen molar-refractivity contribution >= 4 is 43.5 Å². The molecule has 0 radical (unpaired) electrons. The lowest BCUT2D eigenvalue weighted by atomic mass is 9.95. The summed E-state index contributed by atoms with van der Waals surface area (Å²) in [5.74, 6) is 0. The summed E-state index contributed by atoms with van der Waals surface area (Å²) in [6.45, 7) is 8.91. The zero-order valence-electron chi connectivity index (χ0n) is 14.5. The number of aromatic nitrogens is 2. The van der Waals surface area contributed by atoms with Crippen molar-refractivity contribution in [3.05, 3.63) is 53.7 Å². The minimum atomic E-state index is 0.420. The van der Waals surface area contributed by atoms with Crippen LogP contribution in [0.4, 0.5) is 0 Å². The highest BCUT2D eigenvalue weighted by Gasteiger charge is 2.20. The van der Waals surface area contributed by atoms with E-state index >= 15 is 0 Å². The lowest BCUT2D eigenvalue weighted by Gasteiger charge is -2.12. The Morgan fingerprint density at radius 2 is 1.46 bits per heavy atom. The molecule has 0 fully saturated rings. The quantitative estimate of drug-likeness (QED) is 0.340. The fourth-order valence-corrected chi connectivity index (χ4v) is 4.36. The number of hydrogen-bond donors (Lipinski definition) is 0. The summed E-state index contributed by atoms with van der Waals surface area (Å²) in [6, 6.07) is 13.9. The minimum Gasteiger partial charge on any atom is -0.338 e. The second-order valence-corrected chi connectivity index (χ2v) is 7.28. The van der Waals surface area contributed by atoms with Crippen LogP contribution in [-0.2, 0) is 0 Å². The van der Waals surface area contributed by atoms with Crippen LogP contribution in [0.3, 0.4) is 0 Å². The predicted molar refractivity (Wildman–Crippen MR) is 103 cm³/mol. The maximum absolute atomic E-state index is 4.75. The molecule has 5 aromatic rings. The first-order valence-corrected chi connectivity index (χ1v) is 8.61. The third-order valence-corrected chi connectivity index (χ3v) is 5.16.